The van der Waals surface area contributed by atoms with E-state index in [0.717, 1.165) is 0 Å². The number of hydrogen-bond acceptors (Lipinski definition) is 7. The Labute approximate surface area is 112 Å². The molecule has 0 N–H and O–H groups in total. The summed E-state index contributed by atoms with van der Waals surface area (Å²) in [5.41, 5.74) is 0. The summed E-state index contributed by atoms with van der Waals surface area (Å²) in [5, 5.41) is 0. The Morgan fingerprint density at radius 1 is 1.21 bits per heavy atom. The maximum atomic E-state index is 11.1. The highest BCUT2D eigenvalue weighted by atomic mass is 16.8. The van der Waals surface area contributed by atoms with Gasteiger partial charge in [0, 0.05) is 13.8 Å². The molecule has 2 fully saturated rings. The van der Waals surface area contributed by atoms with Crippen molar-refractivity contribution in [1.29, 1.82) is 0 Å². The largest absolute Gasteiger partial charge is 0.463 e. The van der Waals surface area contributed by atoms with Crippen LogP contribution in [0, 0.1) is 0 Å². The summed E-state index contributed by atoms with van der Waals surface area (Å²) in [7, 11) is 0. The van der Waals surface area contributed by atoms with Crippen LogP contribution >= 0.6 is 0 Å². The second-order valence-electron chi connectivity index (χ2n) is 4.89. The third-order valence-electron chi connectivity index (χ3n) is 2.69. The lowest BCUT2D eigenvalue weighted by atomic mass is 10.1. The van der Waals surface area contributed by atoms with E-state index in [1.807, 2.05) is 0 Å². The highest BCUT2D eigenvalue weighted by molar-refractivity contribution is 5.66. The van der Waals surface area contributed by atoms with Crippen molar-refractivity contribution in [2.45, 2.75) is 58.1 Å². The molecule has 0 aromatic rings. The van der Waals surface area contributed by atoms with Gasteiger partial charge in [0.15, 0.2) is 11.9 Å². The second kappa shape index (κ2) is 5.07. The number of carbonyl (C=O) groups excluding carboxylic acids is 2. The van der Waals surface area contributed by atoms with Gasteiger partial charge in [-0.3, -0.25) is 9.59 Å². The fourth-order valence-electron chi connectivity index (χ4n) is 2.08. The van der Waals surface area contributed by atoms with Crippen molar-refractivity contribution in [1.82, 2.24) is 0 Å². The van der Waals surface area contributed by atoms with Crippen LogP contribution in [0.25, 0.3) is 0 Å². The molecule has 1 unspecified atom stereocenters. The van der Waals surface area contributed by atoms with E-state index in [4.69, 9.17) is 25.1 Å². The minimum atomic E-state index is -2.00. The van der Waals surface area contributed by atoms with Gasteiger partial charge in [-0.05, 0) is 13.8 Å². The molecule has 108 valence electrons. The van der Waals surface area contributed by atoms with E-state index < -0.39 is 42.3 Å². The van der Waals surface area contributed by atoms with Gasteiger partial charge in [-0.1, -0.05) is 0 Å². The van der Waals surface area contributed by atoms with Crippen LogP contribution in [0.2, 0.25) is 0 Å². The number of esters is 2. The van der Waals surface area contributed by atoms with Crippen LogP contribution in [0.5, 0.6) is 0 Å². The Bertz CT molecular complexity index is 424. The quantitative estimate of drug-likeness (QED) is 0.688. The predicted octanol–water partition coefficient (Wildman–Crippen LogP) is 0.358. The Morgan fingerprint density at radius 2 is 1.84 bits per heavy atom. The molecule has 0 spiro atoms. The van der Waals surface area contributed by atoms with Crippen LogP contribution in [0.3, 0.4) is 0 Å². The van der Waals surface area contributed by atoms with E-state index in [2.05, 4.69) is 0 Å². The van der Waals surface area contributed by atoms with Crippen LogP contribution in [-0.2, 0) is 33.3 Å². The lowest BCUT2D eigenvalue weighted by Gasteiger charge is -2.23. The standard InChI is InChI=1S/C12H18O7/c1-6(13)15-5-8-9-10(19-12(3,4)18-9)11(17-8)16-7(2)14/h8-11H,5H2,1-4H3/t8-,9-,10-,11?/m1/s1/i11D. The fraction of sp³-hybridized carbons (Fsp3) is 0.833. The Balaban J connectivity index is 2.16. The summed E-state index contributed by atoms with van der Waals surface area (Å²) in [5.74, 6) is -2.07. The lowest BCUT2D eigenvalue weighted by molar-refractivity contribution is -0.234. The van der Waals surface area contributed by atoms with Gasteiger partial charge in [-0.2, -0.15) is 0 Å². The third-order valence-corrected chi connectivity index (χ3v) is 2.69. The average Bonchev–Trinajstić information content (AvgIpc) is 2.69. The first-order valence-electron chi connectivity index (χ1n) is 6.49. The summed E-state index contributed by atoms with van der Waals surface area (Å²) in [6, 6.07) is 0. The van der Waals surface area contributed by atoms with Crippen LogP contribution < -0.4 is 0 Å². The van der Waals surface area contributed by atoms with Gasteiger partial charge < -0.3 is 23.7 Å². The van der Waals surface area contributed by atoms with Gasteiger partial charge in [0.05, 0.1) is 0 Å². The topological polar surface area (TPSA) is 80.3 Å². The first-order valence-corrected chi connectivity index (χ1v) is 5.99. The number of fused-ring (bicyclic) bond motifs is 1. The SMILES string of the molecule is [2H]C1(OC(C)=O)O[C@H](COC(C)=O)[C@H]2OC(C)(C)O[C@H]21. The molecule has 2 aliphatic heterocycles. The zero-order valence-corrected chi connectivity index (χ0v) is 11.3. The third kappa shape index (κ3) is 3.23. The summed E-state index contributed by atoms with van der Waals surface area (Å²) < 4.78 is 34.5. The summed E-state index contributed by atoms with van der Waals surface area (Å²) in [4.78, 5) is 22.0. The molecule has 7 nitrogen and oxygen atoms in total. The van der Waals surface area contributed by atoms with E-state index in [0.29, 0.717) is 0 Å². The molecule has 2 aliphatic rings. The van der Waals surface area contributed by atoms with Crippen molar-refractivity contribution in [3.8, 4) is 0 Å². The molecule has 0 radical (unpaired) electrons. The summed E-state index contributed by atoms with van der Waals surface area (Å²) >= 11 is 0. The minimum Gasteiger partial charge on any atom is -0.463 e. The van der Waals surface area contributed by atoms with E-state index in [-0.39, 0.29) is 6.61 Å². The molecule has 2 rings (SSSR count). The molecule has 0 aromatic carbocycles. The van der Waals surface area contributed by atoms with Crippen molar-refractivity contribution in [3.05, 3.63) is 0 Å². The first-order chi connectivity index (χ1) is 9.13. The molecule has 0 amide bonds. The van der Waals surface area contributed by atoms with Gasteiger partial charge >= 0.3 is 11.9 Å². The highest BCUT2D eigenvalue weighted by Crippen LogP contribution is 2.39. The number of hydrogen-bond donors (Lipinski definition) is 0. The van der Waals surface area contributed by atoms with E-state index in [1.54, 1.807) is 13.8 Å². The molecule has 0 aromatic heterocycles. The number of carbonyl (C=O) groups is 2. The Kier molecular flexibility index (Phi) is 3.42. The van der Waals surface area contributed by atoms with Gasteiger partial charge in [0.2, 0.25) is 6.27 Å². The summed E-state index contributed by atoms with van der Waals surface area (Å²) in [6.45, 7) is 5.71. The van der Waals surface area contributed by atoms with Crippen LogP contribution in [0.15, 0.2) is 0 Å². The Hall–Kier alpha value is -1.18. The van der Waals surface area contributed by atoms with Crippen LogP contribution in [0.1, 0.15) is 29.1 Å². The molecule has 19 heavy (non-hydrogen) atoms. The normalized spacial score (nSPS) is 40.4. The van der Waals surface area contributed by atoms with Crippen molar-refractivity contribution >= 4 is 11.9 Å². The van der Waals surface area contributed by atoms with E-state index in [9.17, 15) is 9.59 Å². The fourth-order valence-corrected chi connectivity index (χ4v) is 2.08. The van der Waals surface area contributed by atoms with Crippen LogP contribution in [0.4, 0.5) is 0 Å². The van der Waals surface area contributed by atoms with Crippen LogP contribution in [-0.4, -0.2) is 48.9 Å². The monoisotopic (exact) mass is 275 g/mol. The minimum absolute atomic E-state index is 0.0994. The molecular weight excluding hydrogens is 256 g/mol. The maximum Gasteiger partial charge on any atom is 0.305 e. The highest BCUT2D eigenvalue weighted by Gasteiger charge is 2.56. The maximum absolute atomic E-state index is 11.1. The van der Waals surface area contributed by atoms with Crippen molar-refractivity contribution in [3.63, 3.8) is 0 Å². The van der Waals surface area contributed by atoms with Crippen molar-refractivity contribution < 1.29 is 34.6 Å². The van der Waals surface area contributed by atoms with Gasteiger partial charge in [-0.25, -0.2) is 0 Å². The van der Waals surface area contributed by atoms with Crippen molar-refractivity contribution in [2.24, 2.45) is 0 Å². The molecule has 2 saturated heterocycles. The van der Waals surface area contributed by atoms with Gasteiger partial charge in [-0.15, -0.1) is 0 Å². The molecule has 0 bridgehead atoms. The molecule has 0 aliphatic carbocycles. The van der Waals surface area contributed by atoms with Gasteiger partial charge in [0.25, 0.3) is 0 Å². The molecule has 7 heteroatoms. The predicted molar refractivity (Wildman–Crippen MR) is 60.9 cm³/mol. The zero-order valence-electron chi connectivity index (χ0n) is 12.3. The summed E-state index contributed by atoms with van der Waals surface area (Å²) in [6.07, 6.45) is -4.29. The number of rotatable bonds is 3. The number of ether oxygens (including phenoxy) is 5. The van der Waals surface area contributed by atoms with E-state index >= 15 is 0 Å². The van der Waals surface area contributed by atoms with Crippen molar-refractivity contribution in [2.75, 3.05) is 6.61 Å². The molecular formula is C12H18O7. The van der Waals surface area contributed by atoms with E-state index in [1.165, 1.54) is 13.8 Å². The molecule has 2 heterocycles. The van der Waals surface area contributed by atoms with Gasteiger partial charge in [0.1, 0.15) is 20.2 Å². The Morgan fingerprint density at radius 3 is 2.42 bits per heavy atom. The zero-order chi connectivity index (χ0) is 15.1. The molecule has 4 atom stereocenters. The smallest absolute Gasteiger partial charge is 0.305 e. The second-order valence-corrected chi connectivity index (χ2v) is 4.89. The first kappa shape index (κ1) is 12.8. The average molecular weight is 275 g/mol. The lowest BCUT2D eigenvalue weighted by Crippen LogP contribution is -2.33. The molecule has 0 saturated carbocycles.